The van der Waals surface area contributed by atoms with E-state index in [0.717, 1.165) is 23.6 Å². The van der Waals surface area contributed by atoms with E-state index in [1.165, 1.54) is 0 Å². The molecule has 1 aromatic heterocycles. The molecule has 1 aromatic carbocycles. The van der Waals surface area contributed by atoms with E-state index in [-0.39, 0.29) is 18.8 Å². The minimum Gasteiger partial charge on any atom is -0.454 e. The van der Waals surface area contributed by atoms with Gasteiger partial charge in [-0.25, -0.2) is 0 Å². The number of carbonyl (C=O) groups is 1. The van der Waals surface area contributed by atoms with Gasteiger partial charge < -0.3 is 23.7 Å². The molecule has 0 N–H and O–H groups in total. The first kappa shape index (κ1) is 16.0. The number of amides is 1. The first-order valence-corrected chi connectivity index (χ1v) is 8.65. The molecule has 2 aliphatic rings. The SMILES string of the molecule is CCO[C@@H]1CN(C(=O)Cc2ccc3c(c2)OCO3)Cc2cccn2C1. The summed E-state index contributed by atoms with van der Waals surface area (Å²) in [6.45, 7) is 4.88. The highest BCUT2D eigenvalue weighted by atomic mass is 16.7. The van der Waals surface area contributed by atoms with Crippen molar-refractivity contribution in [1.82, 2.24) is 9.47 Å². The summed E-state index contributed by atoms with van der Waals surface area (Å²) in [6, 6.07) is 9.76. The third-order valence-electron chi connectivity index (χ3n) is 4.65. The third kappa shape index (κ3) is 3.35. The van der Waals surface area contributed by atoms with Crippen LogP contribution in [-0.2, 0) is 29.0 Å². The highest BCUT2D eigenvalue weighted by Crippen LogP contribution is 2.32. The number of benzene rings is 1. The second-order valence-corrected chi connectivity index (χ2v) is 6.37. The molecule has 2 aromatic rings. The van der Waals surface area contributed by atoms with Crippen molar-refractivity contribution in [3.8, 4) is 11.5 Å². The summed E-state index contributed by atoms with van der Waals surface area (Å²) >= 11 is 0. The second-order valence-electron chi connectivity index (χ2n) is 6.37. The highest BCUT2D eigenvalue weighted by molar-refractivity contribution is 5.79. The molecular formula is C19H22N2O4. The Balaban J connectivity index is 1.50. The molecule has 2 aliphatic heterocycles. The molecule has 0 saturated carbocycles. The van der Waals surface area contributed by atoms with Crippen molar-refractivity contribution in [2.45, 2.75) is 32.5 Å². The van der Waals surface area contributed by atoms with Gasteiger partial charge in [-0.1, -0.05) is 6.07 Å². The number of hydrogen-bond acceptors (Lipinski definition) is 4. The molecule has 0 radical (unpaired) electrons. The van der Waals surface area contributed by atoms with Crippen LogP contribution in [0.25, 0.3) is 0 Å². The van der Waals surface area contributed by atoms with Crippen molar-refractivity contribution in [3.63, 3.8) is 0 Å². The molecule has 0 fully saturated rings. The Morgan fingerprint density at radius 2 is 2.12 bits per heavy atom. The standard InChI is InChI=1S/C19H22N2O4/c1-2-23-16-11-20-7-3-4-15(20)10-21(12-16)19(22)9-14-5-6-17-18(8-14)25-13-24-17/h3-8,16H,2,9-13H2,1H3/t16-/m0/s1. The molecule has 6 heteroatoms. The van der Waals surface area contributed by atoms with Gasteiger partial charge in [0.15, 0.2) is 11.5 Å². The van der Waals surface area contributed by atoms with Gasteiger partial charge >= 0.3 is 0 Å². The highest BCUT2D eigenvalue weighted by Gasteiger charge is 2.25. The Labute approximate surface area is 146 Å². The minimum absolute atomic E-state index is 0.0133. The zero-order chi connectivity index (χ0) is 17.2. The normalized spacial score (nSPS) is 18.8. The van der Waals surface area contributed by atoms with Crippen molar-refractivity contribution < 1.29 is 19.0 Å². The fourth-order valence-electron chi connectivity index (χ4n) is 3.42. The first-order chi connectivity index (χ1) is 12.2. The smallest absolute Gasteiger partial charge is 0.231 e. The number of hydrogen-bond donors (Lipinski definition) is 0. The number of carbonyl (C=O) groups excluding carboxylic acids is 1. The third-order valence-corrected chi connectivity index (χ3v) is 4.65. The fraction of sp³-hybridized carbons (Fsp3) is 0.421. The number of nitrogens with zero attached hydrogens (tertiary/aromatic N) is 2. The fourth-order valence-corrected chi connectivity index (χ4v) is 3.42. The molecule has 0 unspecified atom stereocenters. The molecule has 0 saturated heterocycles. The van der Waals surface area contributed by atoms with E-state index in [2.05, 4.69) is 10.6 Å². The molecule has 3 heterocycles. The topological polar surface area (TPSA) is 52.9 Å². The number of fused-ring (bicyclic) bond motifs is 2. The van der Waals surface area contributed by atoms with Crippen molar-refractivity contribution >= 4 is 5.91 Å². The van der Waals surface area contributed by atoms with E-state index in [0.29, 0.717) is 31.9 Å². The van der Waals surface area contributed by atoms with Crippen LogP contribution < -0.4 is 9.47 Å². The zero-order valence-corrected chi connectivity index (χ0v) is 14.3. The lowest BCUT2D eigenvalue weighted by Gasteiger charge is -2.24. The van der Waals surface area contributed by atoms with Crippen molar-refractivity contribution in [3.05, 3.63) is 47.8 Å². The predicted octanol–water partition coefficient (Wildman–Crippen LogP) is 2.21. The van der Waals surface area contributed by atoms with E-state index in [4.69, 9.17) is 14.2 Å². The van der Waals surface area contributed by atoms with E-state index >= 15 is 0 Å². The molecule has 0 aliphatic carbocycles. The lowest BCUT2D eigenvalue weighted by atomic mass is 10.1. The van der Waals surface area contributed by atoms with E-state index in [1.54, 1.807) is 0 Å². The zero-order valence-electron chi connectivity index (χ0n) is 14.3. The number of aromatic nitrogens is 1. The van der Waals surface area contributed by atoms with Gasteiger partial charge in [0, 0.05) is 25.0 Å². The molecule has 6 nitrogen and oxygen atoms in total. The lowest BCUT2D eigenvalue weighted by molar-refractivity contribution is -0.133. The average molecular weight is 342 g/mol. The summed E-state index contributed by atoms with van der Waals surface area (Å²) in [5.41, 5.74) is 2.07. The largest absolute Gasteiger partial charge is 0.454 e. The second kappa shape index (κ2) is 6.80. The van der Waals surface area contributed by atoms with Crippen LogP contribution in [0, 0.1) is 0 Å². The summed E-state index contributed by atoms with van der Waals surface area (Å²) in [6.07, 6.45) is 2.41. The van der Waals surface area contributed by atoms with Gasteiger partial charge in [-0.3, -0.25) is 4.79 Å². The average Bonchev–Trinajstić information content (AvgIpc) is 3.20. The van der Waals surface area contributed by atoms with E-state index in [1.807, 2.05) is 42.3 Å². The summed E-state index contributed by atoms with van der Waals surface area (Å²) in [5.74, 6) is 1.54. The van der Waals surface area contributed by atoms with Crippen LogP contribution >= 0.6 is 0 Å². The Hall–Kier alpha value is -2.47. The van der Waals surface area contributed by atoms with Crippen LogP contribution in [0.3, 0.4) is 0 Å². The van der Waals surface area contributed by atoms with Gasteiger partial charge in [-0.05, 0) is 36.8 Å². The van der Waals surface area contributed by atoms with Crippen LogP contribution in [0.1, 0.15) is 18.2 Å². The van der Waals surface area contributed by atoms with Crippen LogP contribution in [0.15, 0.2) is 36.5 Å². The minimum atomic E-state index is 0.0133. The van der Waals surface area contributed by atoms with Gasteiger partial charge in [-0.2, -0.15) is 0 Å². The van der Waals surface area contributed by atoms with Gasteiger partial charge in [0.2, 0.25) is 12.7 Å². The molecular weight excluding hydrogens is 320 g/mol. The quantitative estimate of drug-likeness (QED) is 0.855. The summed E-state index contributed by atoms with van der Waals surface area (Å²) in [7, 11) is 0. The maximum atomic E-state index is 12.9. The number of rotatable bonds is 4. The van der Waals surface area contributed by atoms with Gasteiger partial charge in [0.25, 0.3) is 0 Å². The van der Waals surface area contributed by atoms with Crippen molar-refractivity contribution in [2.24, 2.45) is 0 Å². The van der Waals surface area contributed by atoms with Gasteiger partial charge in [0.05, 0.1) is 25.6 Å². The maximum absolute atomic E-state index is 12.9. The Bertz CT molecular complexity index is 771. The molecule has 132 valence electrons. The lowest BCUT2D eigenvalue weighted by Crippen LogP contribution is -2.38. The molecule has 1 amide bonds. The Morgan fingerprint density at radius 1 is 1.24 bits per heavy atom. The molecule has 1 atom stereocenters. The van der Waals surface area contributed by atoms with E-state index in [9.17, 15) is 4.79 Å². The Kier molecular flexibility index (Phi) is 4.36. The van der Waals surface area contributed by atoms with Crippen LogP contribution in [0.5, 0.6) is 11.5 Å². The van der Waals surface area contributed by atoms with Gasteiger partial charge in [0.1, 0.15) is 0 Å². The summed E-state index contributed by atoms with van der Waals surface area (Å²) < 4.78 is 18.7. The molecule has 4 rings (SSSR count). The molecule has 0 bridgehead atoms. The molecule has 0 spiro atoms. The van der Waals surface area contributed by atoms with Crippen LogP contribution in [0.4, 0.5) is 0 Å². The summed E-state index contributed by atoms with van der Waals surface area (Å²) in [5, 5.41) is 0. The first-order valence-electron chi connectivity index (χ1n) is 8.65. The molecule has 25 heavy (non-hydrogen) atoms. The van der Waals surface area contributed by atoms with E-state index < -0.39 is 0 Å². The Morgan fingerprint density at radius 3 is 3.00 bits per heavy atom. The maximum Gasteiger partial charge on any atom is 0.231 e. The van der Waals surface area contributed by atoms with Crippen molar-refractivity contribution in [2.75, 3.05) is 19.9 Å². The summed E-state index contributed by atoms with van der Waals surface area (Å²) in [4.78, 5) is 14.8. The van der Waals surface area contributed by atoms with Crippen LogP contribution in [0.2, 0.25) is 0 Å². The van der Waals surface area contributed by atoms with Crippen LogP contribution in [-0.4, -0.2) is 41.4 Å². The predicted molar refractivity (Wildman–Crippen MR) is 91.5 cm³/mol. The monoisotopic (exact) mass is 342 g/mol. The van der Waals surface area contributed by atoms with Gasteiger partial charge in [-0.15, -0.1) is 0 Å². The van der Waals surface area contributed by atoms with Crippen molar-refractivity contribution in [1.29, 1.82) is 0 Å². The number of ether oxygens (including phenoxy) is 3.